The quantitative estimate of drug-likeness (QED) is 0.913. The van der Waals surface area contributed by atoms with Crippen LogP contribution in [0.3, 0.4) is 0 Å². The lowest BCUT2D eigenvalue weighted by atomic mass is 10.2. The summed E-state index contributed by atoms with van der Waals surface area (Å²) in [5.41, 5.74) is 0.981. The Balaban J connectivity index is 2.22. The van der Waals surface area contributed by atoms with Crippen molar-refractivity contribution in [2.24, 2.45) is 0 Å². The van der Waals surface area contributed by atoms with Gasteiger partial charge < -0.3 is 10.1 Å². The Morgan fingerprint density at radius 3 is 2.50 bits per heavy atom. The van der Waals surface area contributed by atoms with E-state index in [1.165, 1.54) is 18.4 Å². The average molecular weight is 292 g/mol. The molecule has 2 aromatic rings. The summed E-state index contributed by atoms with van der Waals surface area (Å²) in [6.07, 6.45) is 4.51. The number of hydrogen-bond acceptors (Lipinski definition) is 5. The van der Waals surface area contributed by atoms with Crippen LogP contribution < -0.4 is 10.1 Å². The molecule has 1 aromatic carbocycles. The molecule has 6 heteroatoms. The van der Waals surface area contributed by atoms with Crippen LogP contribution in [0.1, 0.15) is 5.56 Å². The maximum Gasteiger partial charge on any atom is 0.175 e. The summed E-state index contributed by atoms with van der Waals surface area (Å²) in [5.74, 6) is 1.22. The van der Waals surface area contributed by atoms with Crippen molar-refractivity contribution in [3.8, 4) is 11.5 Å². The van der Waals surface area contributed by atoms with Crippen molar-refractivity contribution in [1.29, 1.82) is 0 Å². The number of hydrogen-bond donors (Lipinski definition) is 1. The van der Waals surface area contributed by atoms with Crippen LogP contribution >= 0.6 is 0 Å². The lowest BCUT2D eigenvalue weighted by Gasteiger charge is -2.10. The van der Waals surface area contributed by atoms with E-state index in [1.54, 1.807) is 24.5 Å². The molecule has 0 fully saturated rings. The van der Waals surface area contributed by atoms with Gasteiger partial charge >= 0.3 is 0 Å². The van der Waals surface area contributed by atoms with Crippen LogP contribution in [0.5, 0.6) is 11.5 Å². The van der Waals surface area contributed by atoms with Gasteiger partial charge in [-0.1, -0.05) is 0 Å². The Morgan fingerprint density at radius 2 is 1.90 bits per heavy atom. The highest BCUT2D eigenvalue weighted by Gasteiger charge is 2.08. The van der Waals surface area contributed by atoms with Gasteiger partial charge in [-0.3, -0.25) is 4.98 Å². The second-order valence-corrected chi connectivity index (χ2v) is 6.38. The SMILES string of the molecule is CNCc1ccncc1Oc1ccc(S(C)(=O)=O)cc1. The second-order valence-electron chi connectivity index (χ2n) is 4.36. The molecule has 20 heavy (non-hydrogen) atoms. The smallest absolute Gasteiger partial charge is 0.175 e. The zero-order valence-corrected chi connectivity index (χ0v) is 12.1. The molecule has 0 aliphatic rings. The van der Waals surface area contributed by atoms with Crippen molar-refractivity contribution >= 4 is 9.84 Å². The van der Waals surface area contributed by atoms with Gasteiger partial charge in [-0.25, -0.2) is 8.42 Å². The minimum Gasteiger partial charge on any atom is -0.455 e. The highest BCUT2D eigenvalue weighted by molar-refractivity contribution is 7.90. The Kier molecular flexibility index (Phi) is 4.36. The average Bonchev–Trinajstić information content (AvgIpc) is 2.41. The molecular weight excluding hydrogens is 276 g/mol. The van der Waals surface area contributed by atoms with Crippen LogP contribution in [0.2, 0.25) is 0 Å². The predicted octanol–water partition coefficient (Wildman–Crippen LogP) is 2.00. The van der Waals surface area contributed by atoms with Crippen LogP contribution in [0.15, 0.2) is 47.6 Å². The lowest BCUT2D eigenvalue weighted by Crippen LogP contribution is -2.06. The van der Waals surface area contributed by atoms with E-state index >= 15 is 0 Å². The molecule has 0 amide bonds. The van der Waals surface area contributed by atoms with Crippen molar-refractivity contribution in [3.05, 3.63) is 48.3 Å². The summed E-state index contributed by atoms with van der Waals surface area (Å²) >= 11 is 0. The molecule has 0 atom stereocenters. The number of benzene rings is 1. The summed E-state index contributed by atoms with van der Waals surface area (Å²) in [5, 5.41) is 3.05. The van der Waals surface area contributed by atoms with E-state index in [-0.39, 0.29) is 4.90 Å². The molecule has 1 heterocycles. The molecule has 2 rings (SSSR count). The summed E-state index contributed by atoms with van der Waals surface area (Å²) in [7, 11) is -1.33. The number of aromatic nitrogens is 1. The number of rotatable bonds is 5. The van der Waals surface area contributed by atoms with E-state index in [2.05, 4.69) is 10.3 Å². The van der Waals surface area contributed by atoms with Crippen LogP contribution in [0.25, 0.3) is 0 Å². The van der Waals surface area contributed by atoms with Gasteiger partial charge in [0, 0.05) is 24.6 Å². The zero-order valence-electron chi connectivity index (χ0n) is 11.3. The lowest BCUT2D eigenvalue weighted by molar-refractivity contribution is 0.471. The minimum absolute atomic E-state index is 0.270. The normalized spacial score (nSPS) is 11.3. The largest absolute Gasteiger partial charge is 0.455 e. The third-order valence-electron chi connectivity index (χ3n) is 2.72. The van der Waals surface area contributed by atoms with Gasteiger partial charge in [0.2, 0.25) is 0 Å². The third-order valence-corrected chi connectivity index (χ3v) is 3.85. The first-order valence-corrected chi connectivity index (χ1v) is 7.95. The summed E-state index contributed by atoms with van der Waals surface area (Å²) in [4.78, 5) is 4.30. The summed E-state index contributed by atoms with van der Waals surface area (Å²) < 4.78 is 28.5. The molecule has 0 aliphatic heterocycles. The number of pyridine rings is 1. The van der Waals surface area contributed by atoms with Gasteiger partial charge in [0.1, 0.15) is 11.5 Å². The van der Waals surface area contributed by atoms with Gasteiger partial charge in [-0.2, -0.15) is 0 Å². The van der Waals surface area contributed by atoms with Gasteiger partial charge in [0.05, 0.1) is 11.1 Å². The number of ether oxygens (including phenoxy) is 1. The first-order valence-electron chi connectivity index (χ1n) is 6.06. The van der Waals surface area contributed by atoms with Gasteiger partial charge in [0.15, 0.2) is 9.84 Å². The van der Waals surface area contributed by atoms with Crippen molar-refractivity contribution in [3.63, 3.8) is 0 Å². The number of nitrogens with one attached hydrogen (secondary N) is 1. The standard InChI is InChI=1S/C14H16N2O3S/c1-15-9-11-7-8-16-10-14(11)19-12-3-5-13(6-4-12)20(2,17)18/h3-8,10,15H,9H2,1-2H3. The summed E-state index contributed by atoms with van der Waals surface area (Å²) in [6.45, 7) is 0.666. The third kappa shape index (κ3) is 3.55. The van der Waals surface area contributed by atoms with E-state index in [0.717, 1.165) is 5.56 Å². The fraction of sp³-hybridized carbons (Fsp3) is 0.214. The molecule has 0 saturated carbocycles. The Bertz CT molecular complexity index is 682. The molecule has 0 unspecified atom stereocenters. The first-order chi connectivity index (χ1) is 9.50. The molecule has 106 valence electrons. The number of nitrogens with zero attached hydrogens (tertiary/aromatic N) is 1. The van der Waals surface area contributed by atoms with Gasteiger partial charge in [0.25, 0.3) is 0 Å². The van der Waals surface area contributed by atoms with E-state index in [9.17, 15) is 8.42 Å². The topological polar surface area (TPSA) is 68.3 Å². The van der Waals surface area contributed by atoms with Crippen molar-refractivity contribution in [2.45, 2.75) is 11.4 Å². The molecule has 0 aliphatic carbocycles. The van der Waals surface area contributed by atoms with Crippen LogP contribution in [-0.4, -0.2) is 26.7 Å². The molecular formula is C14H16N2O3S. The Labute approximate surface area is 118 Å². The van der Waals surface area contributed by atoms with Crippen molar-refractivity contribution in [1.82, 2.24) is 10.3 Å². The zero-order chi connectivity index (χ0) is 14.6. The van der Waals surface area contributed by atoms with Crippen molar-refractivity contribution in [2.75, 3.05) is 13.3 Å². The van der Waals surface area contributed by atoms with Crippen LogP contribution in [0, 0.1) is 0 Å². The minimum atomic E-state index is -3.19. The van der Waals surface area contributed by atoms with E-state index in [1.807, 2.05) is 13.1 Å². The maximum absolute atomic E-state index is 11.4. The fourth-order valence-electron chi connectivity index (χ4n) is 1.72. The first kappa shape index (κ1) is 14.5. The molecule has 0 spiro atoms. The van der Waals surface area contributed by atoms with Gasteiger partial charge in [-0.05, 0) is 37.4 Å². The Hall–Kier alpha value is -1.92. The van der Waals surface area contributed by atoms with Crippen molar-refractivity contribution < 1.29 is 13.2 Å². The molecule has 1 aromatic heterocycles. The van der Waals surface area contributed by atoms with Crippen LogP contribution in [0.4, 0.5) is 0 Å². The van der Waals surface area contributed by atoms with Crippen LogP contribution in [-0.2, 0) is 16.4 Å². The monoisotopic (exact) mass is 292 g/mol. The highest BCUT2D eigenvalue weighted by Crippen LogP contribution is 2.25. The molecule has 0 bridgehead atoms. The highest BCUT2D eigenvalue weighted by atomic mass is 32.2. The predicted molar refractivity (Wildman–Crippen MR) is 76.6 cm³/mol. The summed E-state index contributed by atoms with van der Waals surface area (Å²) in [6, 6.07) is 8.19. The fourth-order valence-corrected chi connectivity index (χ4v) is 2.35. The molecule has 0 saturated heterocycles. The molecule has 1 N–H and O–H groups in total. The molecule has 0 radical (unpaired) electrons. The van der Waals surface area contributed by atoms with E-state index in [0.29, 0.717) is 18.0 Å². The number of sulfone groups is 1. The van der Waals surface area contributed by atoms with E-state index < -0.39 is 9.84 Å². The van der Waals surface area contributed by atoms with Gasteiger partial charge in [-0.15, -0.1) is 0 Å². The Morgan fingerprint density at radius 1 is 1.20 bits per heavy atom. The van der Waals surface area contributed by atoms with E-state index in [4.69, 9.17) is 4.74 Å². The maximum atomic E-state index is 11.4. The second kappa shape index (κ2) is 6.02. The molecule has 5 nitrogen and oxygen atoms in total.